The van der Waals surface area contributed by atoms with Gasteiger partial charge < -0.3 is 10.4 Å². The number of aryl methyl sites for hydroxylation is 1. The summed E-state index contributed by atoms with van der Waals surface area (Å²) < 4.78 is 0. The lowest BCUT2D eigenvalue weighted by molar-refractivity contribution is 0.0912. The van der Waals surface area contributed by atoms with Crippen molar-refractivity contribution in [2.45, 2.75) is 45.1 Å². The lowest BCUT2D eigenvalue weighted by Crippen LogP contribution is -2.38. The van der Waals surface area contributed by atoms with Crippen LogP contribution in [0.3, 0.4) is 0 Å². The Morgan fingerprint density at radius 1 is 1.42 bits per heavy atom. The minimum atomic E-state index is -0.0788. The number of amides is 1. The van der Waals surface area contributed by atoms with Crippen molar-refractivity contribution in [3.8, 4) is 0 Å². The third-order valence-electron chi connectivity index (χ3n) is 3.81. The van der Waals surface area contributed by atoms with Crippen LogP contribution in [0.25, 0.3) is 0 Å². The molecule has 1 aliphatic rings. The van der Waals surface area contributed by atoms with Crippen molar-refractivity contribution < 1.29 is 9.90 Å². The van der Waals surface area contributed by atoms with Crippen molar-refractivity contribution in [2.75, 3.05) is 6.61 Å². The molecule has 0 spiro atoms. The predicted molar refractivity (Wildman–Crippen MR) is 71.7 cm³/mol. The van der Waals surface area contributed by atoms with Crippen molar-refractivity contribution in [1.82, 2.24) is 15.3 Å². The van der Waals surface area contributed by atoms with E-state index in [1.54, 1.807) is 6.20 Å². The van der Waals surface area contributed by atoms with Crippen molar-refractivity contribution in [3.63, 3.8) is 0 Å². The highest BCUT2D eigenvalue weighted by atomic mass is 16.3. The molecule has 1 aromatic heterocycles. The number of nitrogens with one attached hydrogen (secondary N) is 1. The van der Waals surface area contributed by atoms with E-state index in [4.69, 9.17) is 5.11 Å². The molecule has 1 heterocycles. The quantitative estimate of drug-likeness (QED) is 0.859. The Kier molecular flexibility index (Phi) is 4.85. The van der Waals surface area contributed by atoms with Gasteiger partial charge in [0.15, 0.2) is 0 Å². The van der Waals surface area contributed by atoms with Gasteiger partial charge in [0.1, 0.15) is 6.33 Å². The number of nitrogens with zero attached hydrogens (tertiary/aromatic N) is 2. The molecule has 2 rings (SSSR count). The average molecular weight is 263 g/mol. The van der Waals surface area contributed by atoms with Crippen molar-refractivity contribution in [1.29, 1.82) is 0 Å². The molecule has 0 aromatic carbocycles. The molecule has 1 saturated carbocycles. The van der Waals surface area contributed by atoms with Gasteiger partial charge in [-0.1, -0.05) is 6.92 Å². The minimum Gasteiger partial charge on any atom is -0.396 e. The maximum Gasteiger partial charge on any atom is 0.254 e. The highest BCUT2D eigenvalue weighted by Crippen LogP contribution is 2.24. The van der Waals surface area contributed by atoms with Crippen LogP contribution in [0.4, 0.5) is 0 Å². The van der Waals surface area contributed by atoms with Crippen LogP contribution >= 0.6 is 0 Å². The summed E-state index contributed by atoms with van der Waals surface area (Å²) in [5.41, 5.74) is 1.37. The molecule has 0 atom stereocenters. The zero-order valence-corrected chi connectivity index (χ0v) is 11.3. The van der Waals surface area contributed by atoms with E-state index < -0.39 is 0 Å². The van der Waals surface area contributed by atoms with Gasteiger partial charge in [-0.05, 0) is 38.0 Å². The Hall–Kier alpha value is -1.49. The molecular weight excluding hydrogens is 242 g/mol. The first-order chi connectivity index (χ1) is 9.24. The third-order valence-corrected chi connectivity index (χ3v) is 3.81. The number of aliphatic hydroxyl groups excluding tert-OH is 1. The molecule has 1 fully saturated rings. The summed E-state index contributed by atoms with van der Waals surface area (Å²) in [7, 11) is 0. The number of aliphatic hydroxyl groups is 1. The van der Waals surface area contributed by atoms with Crippen LogP contribution in [0.1, 0.15) is 48.7 Å². The second-order valence-corrected chi connectivity index (χ2v) is 5.11. The number of rotatable bonds is 4. The molecule has 0 saturated heterocycles. The summed E-state index contributed by atoms with van der Waals surface area (Å²) in [6.07, 6.45) is 7.62. The van der Waals surface area contributed by atoms with E-state index in [1.165, 1.54) is 6.33 Å². The van der Waals surface area contributed by atoms with Crippen LogP contribution in [0, 0.1) is 5.92 Å². The molecule has 1 aliphatic carbocycles. The topological polar surface area (TPSA) is 75.1 Å². The molecule has 0 aliphatic heterocycles. The fourth-order valence-corrected chi connectivity index (χ4v) is 2.58. The molecule has 0 radical (unpaired) electrons. The van der Waals surface area contributed by atoms with Crippen LogP contribution in [0.5, 0.6) is 0 Å². The van der Waals surface area contributed by atoms with E-state index in [0.717, 1.165) is 37.8 Å². The van der Waals surface area contributed by atoms with Gasteiger partial charge in [-0.2, -0.15) is 0 Å². The lowest BCUT2D eigenvalue weighted by Gasteiger charge is -2.28. The van der Waals surface area contributed by atoms with E-state index in [1.807, 2.05) is 6.92 Å². The number of carbonyl (C=O) groups excluding carboxylic acids is 1. The van der Waals surface area contributed by atoms with Crippen LogP contribution in [0.2, 0.25) is 0 Å². The molecule has 5 nitrogen and oxygen atoms in total. The largest absolute Gasteiger partial charge is 0.396 e. The van der Waals surface area contributed by atoms with Crippen LogP contribution in [-0.2, 0) is 6.42 Å². The van der Waals surface area contributed by atoms with Gasteiger partial charge in [0.2, 0.25) is 0 Å². The second kappa shape index (κ2) is 6.61. The van der Waals surface area contributed by atoms with Gasteiger partial charge >= 0.3 is 0 Å². The summed E-state index contributed by atoms with van der Waals surface area (Å²) in [4.78, 5) is 20.3. The van der Waals surface area contributed by atoms with Crippen molar-refractivity contribution in [3.05, 3.63) is 23.8 Å². The first-order valence-electron chi connectivity index (χ1n) is 6.95. The monoisotopic (exact) mass is 263 g/mol. The zero-order chi connectivity index (χ0) is 13.7. The Bertz CT molecular complexity index is 428. The first-order valence-corrected chi connectivity index (χ1v) is 6.95. The summed E-state index contributed by atoms with van der Waals surface area (Å²) in [6.45, 7) is 2.23. The highest BCUT2D eigenvalue weighted by molar-refractivity contribution is 5.95. The first kappa shape index (κ1) is 13.9. The summed E-state index contributed by atoms with van der Waals surface area (Å²) in [5.74, 6) is 0.323. The van der Waals surface area contributed by atoms with E-state index in [-0.39, 0.29) is 18.6 Å². The Balaban J connectivity index is 1.94. The van der Waals surface area contributed by atoms with Gasteiger partial charge in [0.25, 0.3) is 5.91 Å². The minimum absolute atomic E-state index is 0.0788. The van der Waals surface area contributed by atoms with E-state index in [9.17, 15) is 4.79 Å². The van der Waals surface area contributed by atoms with Gasteiger partial charge in [-0.3, -0.25) is 4.79 Å². The standard InChI is InChI=1S/C14H21N3O2/c1-2-13-12(7-15-9-16-13)14(19)17-11-5-3-10(8-18)4-6-11/h7,9-11,18H,2-6,8H2,1H3,(H,17,19). The number of aromatic nitrogens is 2. The molecule has 19 heavy (non-hydrogen) atoms. The molecule has 1 amide bonds. The number of carbonyl (C=O) groups is 1. The molecular formula is C14H21N3O2. The Morgan fingerprint density at radius 2 is 2.16 bits per heavy atom. The summed E-state index contributed by atoms with van der Waals surface area (Å²) >= 11 is 0. The molecule has 1 aromatic rings. The molecule has 104 valence electrons. The van der Waals surface area contributed by atoms with Gasteiger partial charge in [0.05, 0.1) is 11.3 Å². The maximum atomic E-state index is 12.2. The molecule has 5 heteroatoms. The highest BCUT2D eigenvalue weighted by Gasteiger charge is 2.23. The number of hydrogen-bond acceptors (Lipinski definition) is 4. The average Bonchev–Trinajstić information content (AvgIpc) is 2.48. The lowest BCUT2D eigenvalue weighted by atomic mass is 9.86. The second-order valence-electron chi connectivity index (χ2n) is 5.11. The summed E-state index contributed by atoms with van der Waals surface area (Å²) in [5, 5.41) is 12.2. The van der Waals surface area contributed by atoms with E-state index in [0.29, 0.717) is 11.5 Å². The zero-order valence-electron chi connectivity index (χ0n) is 11.3. The Morgan fingerprint density at radius 3 is 2.79 bits per heavy atom. The summed E-state index contributed by atoms with van der Waals surface area (Å²) in [6, 6.07) is 0.209. The molecule has 0 unspecified atom stereocenters. The van der Waals surface area contributed by atoms with Crippen molar-refractivity contribution >= 4 is 5.91 Å². The van der Waals surface area contributed by atoms with Gasteiger partial charge in [-0.25, -0.2) is 9.97 Å². The van der Waals surface area contributed by atoms with E-state index in [2.05, 4.69) is 15.3 Å². The maximum absolute atomic E-state index is 12.2. The van der Waals surface area contributed by atoms with Gasteiger partial charge in [-0.15, -0.1) is 0 Å². The SMILES string of the molecule is CCc1ncncc1C(=O)NC1CCC(CO)CC1. The molecule has 2 N–H and O–H groups in total. The van der Waals surface area contributed by atoms with Crippen LogP contribution in [-0.4, -0.2) is 33.6 Å². The van der Waals surface area contributed by atoms with Crippen molar-refractivity contribution in [2.24, 2.45) is 5.92 Å². The molecule has 0 bridgehead atoms. The predicted octanol–water partition coefficient (Wildman–Crippen LogP) is 1.32. The van der Waals surface area contributed by atoms with Gasteiger partial charge in [0, 0.05) is 18.8 Å². The fraction of sp³-hybridized carbons (Fsp3) is 0.643. The smallest absolute Gasteiger partial charge is 0.254 e. The normalized spacial score (nSPS) is 23.1. The van der Waals surface area contributed by atoms with Crippen LogP contribution < -0.4 is 5.32 Å². The Labute approximate surface area is 113 Å². The number of hydrogen-bond donors (Lipinski definition) is 2. The van der Waals surface area contributed by atoms with Crippen LogP contribution in [0.15, 0.2) is 12.5 Å². The third kappa shape index (κ3) is 3.50. The van der Waals surface area contributed by atoms with E-state index >= 15 is 0 Å². The fourth-order valence-electron chi connectivity index (χ4n) is 2.58.